The number of fused-ring (bicyclic) bond motifs is 2. The van der Waals surface area contributed by atoms with Crippen molar-refractivity contribution in [2.75, 3.05) is 26.4 Å². The molecule has 0 bridgehead atoms. The van der Waals surface area contributed by atoms with Gasteiger partial charge in [-0.15, -0.1) is 11.3 Å². The summed E-state index contributed by atoms with van der Waals surface area (Å²) in [6.07, 6.45) is 4.39. The molecule has 264 valence electrons. The van der Waals surface area contributed by atoms with E-state index in [1.165, 1.54) is 11.3 Å². The first kappa shape index (κ1) is 36.9. The lowest BCUT2D eigenvalue weighted by atomic mass is 9.83. The van der Waals surface area contributed by atoms with Crippen LogP contribution in [0.25, 0.3) is 10.2 Å². The van der Waals surface area contributed by atoms with Crippen molar-refractivity contribution >= 4 is 56.5 Å². The van der Waals surface area contributed by atoms with Gasteiger partial charge in [-0.05, 0) is 62.4 Å². The maximum absolute atomic E-state index is 14.3. The van der Waals surface area contributed by atoms with Gasteiger partial charge in [-0.3, -0.25) is 19.2 Å². The number of rotatable bonds is 17. The predicted molar refractivity (Wildman–Crippen MR) is 191 cm³/mol. The average molecular weight is 711 g/mol. The predicted octanol–water partition coefficient (Wildman–Crippen LogP) is 5.73. The van der Waals surface area contributed by atoms with Gasteiger partial charge in [0.25, 0.3) is 0 Å². The lowest BCUT2D eigenvalue weighted by Crippen LogP contribution is -2.50. The summed E-state index contributed by atoms with van der Waals surface area (Å²) in [6, 6.07) is 12.1. The first-order valence-corrected chi connectivity index (χ1v) is 18.6. The lowest BCUT2D eigenvalue weighted by Gasteiger charge is -2.32. The van der Waals surface area contributed by atoms with E-state index in [2.05, 4.69) is 10.6 Å². The molecule has 0 radical (unpaired) electrons. The van der Waals surface area contributed by atoms with E-state index in [9.17, 15) is 19.2 Å². The number of halogens is 1. The quantitative estimate of drug-likeness (QED) is 0.150. The molecular weight excluding hydrogens is 664 g/mol. The van der Waals surface area contributed by atoms with Gasteiger partial charge in [0.05, 0.1) is 39.8 Å². The number of aromatic nitrogens is 1. The topological polar surface area (TPSA) is 150 Å². The molecule has 49 heavy (non-hydrogen) atoms. The number of benzene rings is 2. The Morgan fingerprint density at radius 2 is 1.80 bits per heavy atom. The number of ether oxygens (including phenoxy) is 2. The third kappa shape index (κ3) is 10.1. The number of amides is 2. The standard InChI is InChI=1S/C37H47ClN4O6S/c1-2-27(43)19-25(21-34-40-30-11-10-26(38)22-33(30)49-34)37(46)42-35(23-12-16-47-17-13-23)31(44)20-24(7-5-6-15-39)36(45)41-29-14-18-48-32-9-4-3-8-28(29)32/h3-4,8-11,22-25,29,35H,2,5-7,12-21,39H2,1H3,(H,41,45)(H,42,46)/t24-,25+,29-,35+/m0/s1. The molecule has 12 heteroatoms. The third-order valence-corrected chi connectivity index (χ3v) is 10.8. The van der Waals surface area contributed by atoms with Crippen LogP contribution in [0, 0.1) is 17.8 Å². The minimum absolute atomic E-state index is 0.0131. The third-order valence-electron chi connectivity index (χ3n) is 9.54. The van der Waals surface area contributed by atoms with Crippen molar-refractivity contribution in [3.8, 4) is 5.75 Å². The molecule has 2 aromatic carbocycles. The van der Waals surface area contributed by atoms with Crippen molar-refractivity contribution in [2.24, 2.45) is 23.5 Å². The zero-order chi connectivity index (χ0) is 34.8. The Morgan fingerprint density at radius 1 is 1.00 bits per heavy atom. The fourth-order valence-corrected chi connectivity index (χ4v) is 8.04. The Bertz CT molecular complexity index is 1610. The summed E-state index contributed by atoms with van der Waals surface area (Å²) in [5, 5.41) is 7.59. The van der Waals surface area contributed by atoms with Crippen LogP contribution in [0.4, 0.5) is 0 Å². The summed E-state index contributed by atoms with van der Waals surface area (Å²) >= 11 is 7.63. The van der Waals surface area contributed by atoms with Gasteiger partial charge in [-0.2, -0.15) is 0 Å². The number of unbranched alkanes of at least 4 members (excludes halogenated alkanes) is 1. The molecular formula is C37H47ClN4O6S. The summed E-state index contributed by atoms with van der Waals surface area (Å²) in [5.74, 6) is -1.44. The van der Waals surface area contributed by atoms with Crippen molar-refractivity contribution in [2.45, 2.75) is 83.2 Å². The number of nitrogens with two attached hydrogens (primary N) is 1. The number of carbonyl (C=O) groups excluding carboxylic acids is 4. The summed E-state index contributed by atoms with van der Waals surface area (Å²) < 4.78 is 12.3. The highest BCUT2D eigenvalue weighted by molar-refractivity contribution is 7.18. The Hall–Kier alpha value is -3.38. The fourth-order valence-electron chi connectivity index (χ4n) is 6.71. The van der Waals surface area contributed by atoms with E-state index < -0.39 is 17.9 Å². The van der Waals surface area contributed by atoms with E-state index in [0.717, 1.165) is 33.0 Å². The molecule has 10 nitrogen and oxygen atoms in total. The average Bonchev–Trinajstić information content (AvgIpc) is 3.51. The van der Waals surface area contributed by atoms with Crippen LogP contribution in [-0.2, 0) is 30.3 Å². The lowest BCUT2D eigenvalue weighted by molar-refractivity contribution is -0.136. The van der Waals surface area contributed by atoms with Gasteiger partial charge in [-0.1, -0.05) is 43.1 Å². The second-order valence-electron chi connectivity index (χ2n) is 13.0. The summed E-state index contributed by atoms with van der Waals surface area (Å²) in [7, 11) is 0. The van der Waals surface area contributed by atoms with Crippen LogP contribution >= 0.6 is 22.9 Å². The maximum Gasteiger partial charge on any atom is 0.224 e. The molecule has 2 amide bonds. The number of carbonyl (C=O) groups is 4. The van der Waals surface area contributed by atoms with Gasteiger partial charge in [0.1, 0.15) is 11.5 Å². The second-order valence-corrected chi connectivity index (χ2v) is 14.6. The zero-order valence-electron chi connectivity index (χ0n) is 28.1. The van der Waals surface area contributed by atoms with Crippen molar-refractivity contribution in [3.05, 3.63) is 58.1 Å². The number of nitrogens with zero attached hydrogens (tertiary/aromatic N) is 1. The van der Waals surface area contributed by atoms with Crippen LogP contribution in [0.1, 0.15) is 81.3 Å². The first-order chi connectivity index (χ1) is 23.7. The summed E-state index contributed by atoms with van der Waals surface area (Å²) in [6.45, 7) is 3.74. The van der Waals surface area contributed by atoms with Gasteiger partial charge in [-0.25, -0.2) is 4.98 Å². The number of Topliss-reactive ketones (excluding diaryl/α,β-unsaturated/α-hetero) is 2. The number of ketones is 2. The largest absolute Gasteiger partial charge is 0.493 e. The van der Waals surface area contributed by atoms with Crippen LogP contribution in [0.15, 0.2) is 42.5 Å². The molecule has 0 spiro atoms. The number of hydrogen-bond acceptors (Lipinski definition) is 9. The van der Waals surface area contributed by atoms with E-state index in [4.69, 9.17) is 31.8 Å². The molecule has 0 unspecified atom stereocenters. The van der Waals surface area contributed by atoms with E-state index in [0.29, 0.717) is 69.9 Å². The summed E-state index contributed by atoms with van der Waals surface area (Å²) in [5.41, 5.74) is 7.48. The van der Waals surface area contributed by atoms with Crippen LogP contribution in [0.3, 0.4) is 0 Å². The van der Waals surface area contributed by atoms with Gasteiger partial charge in [0.15, 0.2) is 5.78 Å². The Labute approximate surface area is 296 Å². The molecule has 5 rings (SSSR count). The fraction of sp³-hybridized carbons (Fsp3) is 0.541. The molecule has 3 aromatic rings. The SMILES string of the molecule is CCC(=O)C[C@H](Cc1nc2ccc(Cl)cc2s1)C(=O)N[C@@H](C(=O)C[C@H](CCCCN)C(=O)N[C@H]1CCOc2ccccc21)C1CCOCC1. The normalized spacial score (nSPS) is 18.1. The minimum Gasteiger partial charge on any atom is -0.493 e. The molecule has 2 aliphatic heterocycles. The molecule has 2 aliphatic rings. The van der Waals surface area contributed by atoms with E-state index in [-0.39, 0.29) is 54.6 Å². The van der Waals surface area contributed by atoms with Crippen molar-refractivity contribution in [1.29, 1.82) is 0 Å². The highest BCUT2D eigenvalue weighted by atomic mass is 35.5. The van der Waals surface area contributed by atoms with Crippen LogP contribution in [-0.4, -0.2) is 60.8 Å². The highest BCUT2D eigenvalue weighted by Crippen LogP contribution is 2.33. The van der Waals surface area contributed by atoms with Crippen molar-refractivity contribution in [1.82, 2.24) is 15.6 Å². The highest BCUT2D eigenvalue weighted by Gasteiger charge is 2.36. The molecule has 0 aliphatic carbocycles. The molecule has 1 aromatic heterocycles. The van der Waals surface area contributed by atoms with E-state index in [1.54, 1.807) is 13.0 Å². The van der Waals surface area contributed by atoms with Gasteiger partial charge >= 0.3 is 0 Å². The molecule has 3 heterocycles. The van der Waals surface area contributed by atoms with Crippen LogP contribution < -0.4 is 21.1 Å². The van der Waals surface area contributed by atoms with Crippen LogP contribution in [0.2, 0.25) is 5.02 Å². The minimum atomic E-state index is -0.807. The molecule has 0 saturated carbocycles. The van der Waals surface area contributed by atoms with Crippen LogP contribution in [0.5, 0.6) is 5.75 Å². The number of para-hydroxylation sites is 1. The van der Waals surface area contributed by atoms with E-state index in [1.807, 2.05) is 36.4 Å². The van der Waals surface area contributed by atoms with Gasteiger partial charge in [0, 0.05) is 61.8 Å². The maximum atomic E-state index is 14.3. The van der Waals surface area contributed by atoms with Gasteiger partial charge in [0.2, 0.25) is 11.8 Å². The Balaban J connectivity index is 1.34. The smallest absolute Gasteiger partial charge is 0.224 e. The second kappa shape index (κ2) is 18.0. The van der Waals surface area contributed by atoms with Crippen molar-refractivity contribution < 1.29 is 28.7 Å². The molecule has 1 saturated heterocycles. The number of nitrogens with one attached hydrogen (secondary N) is 2. The Morgan fingerprint density at radius 3 is 2.57 bits per heavy atom. The van der Waals surface area contributed by atoms with E-state index >= 15 is 0 Å². The molecule has 4 N–H and O–H groups in total. The van der Waals surface area contributed by atoms with Gasteiger partial charge < -0.3 is 25.8 Å². The number of thiazole rings is 1. The zero-order valence-corrected chi connectivity index (χ0v) is 29.7. The monoisotopic (exact) mass is 710 g/mol. The summed E-state index contributed by atoms with van der Waals surface area (Å²) in [4.78, 5) is 59.5. The molecule has 4 atom stereocenters. The first-order valence-electron chi connectivity index (χ1n) is 17.4. The molecule has 1 fully saturated rings. The Kier molecular flexibility index (Phi) is 13.6. The number of hydrogen-bond donors (Lipinski definition) is 3. The van der Waals surface area contributed by atoms with Crippen molar-refractivity contribution in [3.63, 3.8) is 0 Å².